The lowest BCUT2D eigenvalue weighted by Gasteiger charge is -2.07. The molecule has 0 aliphatic heterocycles. The number of rotatable bonds is 1. The lowest BCUT2D eigenvalue weighted by molar-refractivity contribution is 0.420. The van der Waals surface area contributed by atoms with Crippen molar-refractivity contribution in [3.8, 4) is 5.75 Å². The molecule has 17 heavy (non-hydrogen) atoms. The number of pyridine rings is 1. The van der Waals surface area contributed by atoms with Gasteiger partial charge in [0.05, 0.1) is 18.0 Å². The SMILES string of the molecule is COc1ccc(=O)c2c1ccc1ccc[nH]c12. The van der Waals surface area contributed by atoms with Crippen molar-refractivity contribution < 1.29 is 4.74 Å². The van der Waals surface area contributed by atoms with Crippen molar-refractivity contribution >= 4 is 21.7 Å². The molecule has 0 spiro atoms. The molecule has 2 aromatic carbocycles. The molecular weight excluding hydrogens is 214 g/mol. The summed E-state index contributed by atoms with van der Waals surface area (Å²) in [5.74, 6) is 0.721. The van der Waals surface area contributed by atoms with Gasteiger partial charge in [-0.1, -0.05) is 12.1 Å². The molecule has 0 unspecified atom stereocenters. The van der Waals surface area contributed by atoms with Gasteiger partial charge in [0.2, 0.25) is 0 Å². The first-order valence-electron chi connectivity index (χ1n) is 5.38. The maximum absolute atomic E-state index is 12.0. The summed E-state index contributed by atoms with van der Waals surface area (Å²) in [7, 11) is 1.61. The number of aromatic amines is 1. The predicted octanol–water partition coefficient (Wildman–Crippen LogP) is 2.69. The van der Waals surface area contributed by atoms with Gasteiger partial charge in [-0.25, -0.2) is 0 Å². The number of benzene rings is 2. The van der Waals surface area contributed by atoms with E-state index in [9.17, 15) is 4.79 Å². The summed E-state index contributed by atoms with van der Waals surface area (Å²) in [6.45, 7) is 0. The molecule has 84 valence electrons. The first-order valence-corrected chi connectivity index (χ1v) is 5.38. The summed E-state index contributed by atoms with van der Waals surface area (Å²) in [5, 5.41) is 2.54. The van der Waals surface area contributed by atoms with E-state index in [4.69, 9.17) is 4.74 Å². The Morgan fingerprint density at radius 1 is 1.12 bits per heavy atom. The van der Waals surface area contributed by atoms with E-state index in [0.717, 1.165) is 22.0 Å². The van der Waals surface area contributed by atoms with Gasteiger partial charge in [-0.15, -0.1) is 0 Å². The van der Waals surface area contributed by atoms with Crippen LogP contribution in [-0.2, 0) is 0 Å². The molecule has 1 heterocycles. The topological polar surface area (TPSA) is 42.1 Å². The first kappa shape index (κ1) is 9.90. The number of hydrogen-bond donors (Lipinski definition) is 1. The van der Waals surface area contributed by atoms with Crippen molar-refractivity contribution in [2.45, 2.75) is 0 Å². The summed E-state index contributed by atoms with van der Waals surface area (Å²) in [5.41, 5.74) is 0.864. The summed E-state index contributed by atoms with van der Waals surface area (Å²) < 4.78 is 5.28. The van der Waals surface area contributed by atoms with Crippen LogP contribution in [0.2, 0.25) is 0 Å². The molecule has 0 bridgehead atoms. The van der Waals surface area contributed by atoms with Crippen LogP contribution >= 0.6 is 0 Å². The number of ether oxygens (including phenoxy) is 1. The van der Waals surface area contributed by atoms with E-state index < -0.39 is 0 Å². The molecule has 1 N–H and O–H groups in total. The van der Waals surface area contributed by atoms with E-state index in [1.165, 1.54) is 0 Å². The van der Waals surface area contributed by atoms with Gasteiger partial charge in [-0.3, -0.25) is 4.79 Å². The Balaban J connectivity index is 2.62. The van der Waals surface area contributed by atoms with Crippen LogP contribution in [0.1, 0.15) is 0 Å². The summed E-state index contributed by atoms with van der Waals surface area (Å²) in [6.07, 6.45) is 1.82. The highest BCUT2D eigenvalue weighted by molar-refractivity contribution is 6.07. The average molecular weight is 225 g/mol. The quantitative estimate of drug-likeness (QED) is 0.647. The van der Waals surface area contributed by atoms with Crippen molar-refractivity contribution in [3.63, 3.8) is 0 Å². The largest absolute Gasteiger partial charge is 0.496 e. The highest BCUT2D eigenvalue weighted by Gasteiger charge is 2.08. The van der Waals surface area contributed by atoms with Crippen molar-refractivity contribution in [1.82, 2.24) is 4.98 Å². The summed E-state index contributed by atoms with van der Waals surface area (Å²) >= 11 is 0. The molecular formula is C14H11NO2. The van der Waals surface area contributed by atoms with E-state index in [0.29, 0.717) is 5.39 Å². The number of aromatic nitrogens is 1. The Morgan fingerprint density at radius 2 is 2.00 bits per heavy atom. The zero-order valence-electron chi connectivity index (χ0n) is 9.36. The van der Waals surface area contributed by atoms with Crippen molar-refractivity contribution in [2.24, 2.45) is 0 Å². The number of nitrogens with one attached hydrogen (secondary N) is 1. The maximum Gasteiger partial charge on any atom is 0.188 e. The third kappa shape index (κ3) is 1.40. The zero-order valence-corrected chi connectivity index (χ0v) is 9.36. The van der Waals surface area contributed by atoms with Gasteiger partial charge in [0.25, 0.3) is 0 Å². The minimum Gasteiger partial charge on any atom is -0.496 e. The third-order valence-corrected chi connectivity index (χ3v) is 2.96. The fraction of sp³-hybridized carbons (Fsp3) is 0.0714. The van der Waals surface area contributed by atoms with Crippen molar-refractivity contribution in [1.29, 1.82) is 0 Å². The molecule has 0 amide bonds. The van der Waals surface area contributed by atoms with E-state index in [2.05, 4.69) is 4.98 Å². The number of hydrogen-bond acceptors (Lipinski definition) is 2. The highest BCUT2D eigenvalue weighted by atomic mass is 16.5. The predicted molar refractivity (Wildman–Crippen MR) is 68.6 cm³/mol. The molecule has 0 aliphatic rings. The maximum atomic E-state index is 12.0. The summed E-state index contributed by atoms with van der Waals surface area (Å²) in [4.78, 5) is 15.1. The van der Waals surface area contributed by atoms with Crippen LogP contribution < -0.4 is 10.2 Å². The Bertz CT molecular complexity index is 759. The molecule has 0 radical (unpaired) electrons. The minimum atomic E-state index is 0.00819. The minimum absolute atomic E-state index is 0.00819. The molecule has 3 nitrogen and oxygen atoms in total. The van der Waals surface area contributed by atoms with Crippen molar-refractivity contribution in [3.05, 3.63) is 52.8 Å². The molecule has 0 atom stereocenters. The van der Waals surface area contributed by atoms with E-state index >= 15 is 0 Å². The molecule has 0 saturated carbocycles. The van der Waals surface area contributed by atoms with Gasteiger partial charge in [0, 0.05) is 11.6 Å². The van der Waals surface area contributed by atoms with Crippen LogP contribution in [-0.4, -0.2) is 12.1 Å². The Labute approximate surface area is 97.7 Å². The second-order valence-corrected chi connectivity index (χ2v) is 3.89. The average Bonchev–Trinajstić information content (AvgIpc) is 2.39. The van der Waals surface area contributed by atoms with Crippen molar-refractivity contribution in [2.75, 3.05) is 7.11 Å². The second kappa shape index (κ2) is 3.63. The van der Waals surface area contributed by atoms with E-state index in [1.54, 1.807) is 19.2 Å². The lowest BCUT2D eigenvalue weighted by atomic mass is 10.1. The highest BCUT2D eigenvalue weighted by Crippen LogP contribution is 2.27. The number of methoxy groups -OCH3 is 1. The zero-order chi connectivity index (χ0) is 11.8. The Morgan fingerprint density at radius 3 is 2.82 bits per heavy atom. The van der Waals surface area contributed by atoms with Gasteiger partial charge in [-0.05, 0) is 29.7 Å². The molecule has 3 aromatic rings. The Kier molecular flexibility index (Phi) is 2.11. The van der Waals surface area contributed by atoms with E-state index in [-0.39, 0.29) is 5.43 Å². The molecule has 1 aromatic heterocycles. The number of H-pyrrole nitrogens is 1. The third-order valence-electron chi connectivity index (χ3n) is 2.96. The van der Waals surface area contributed by atoms with Gasteiger partial charge in [0.15, 0.2) is 5.43 Å². The monoisotopic (exact) mass is 225 g/mol. The number of fused-ring (bicyclic) bond motifs is 3. The van der Waals surface area contributed by atoms with E-state index in [1.807, 2.05) is 30.5 Å². The fourth-order valence-corrected chi connectivity index (χ4v) is 2.16. The van der Waals surface area contributed by atoms with Gasteiger partial charge >= 0.3 is 0 Å². The molecule has 3 heteroatoms. The first-order chi connectivity index (χ1) is 8.31. The molecule has 0 fully saturated rings. The van der Waals surface area contributed by atoms with Crippen LogP contribution in [0.25, 0.3) is 21.7 Å². The molecule has 0 saturated heterocycles. The normalized spacial score (nSPS) is 10.9. The van der Waals surface area contributed by atoms with Crippen LogP contribution in [0.15, 0.2) is 47.4 Å². The van der Waals surface area contributed by atoms with Crippen LogP contribution in [0.3, 0.4) is 0 Å². The van der Waals surface area contributed by atoms with Crippen LogP contribution in [0.4, 0.5) is 0 Å². The molecule has 0 aliphatic carbocycles. The van der Waals surface area contributed by atoms with Gasteiger partial charge in [-0.2, -0.15) is 0 Å². The van der Waals surface area contributed by atoms with Gasteiger partial charge < -0.3 is 9.72 Å². The summed E-state index contributed by atoms with van der Waals surface area (Å²) in [6, 6.07) is 11.0. The lowest BCUT2D eigenvalue weighted by Crippen LogP contribution is -2.01. The Hall–Kier alpha value is -2.29. The fourth-order valence-electron chi connectivity index (χ4n) is 2.16. The standard InChI is InChI=1S/C14H11NO2/c1-17-12-7-6-11(16)13-10(12)5-4-9-3-2-8-15-14(9)13/h2-8,15H,1H3. The van der Waals surface area contributed by atoms with Crippen LogP contribution in [0.5, 0.6) is 5.75 Å². The van der Waals surface area contributed by atoms with Crippen LogP contribution in [0, 0.1) is 0 Å². The molecule has 3 rings (SSSR count). The van der Waals surface area contributed by atoms with Gasteiger partial charge in [0.1, 0.15) is 5.75 Å². The second-order valence-electron chi connectivity index (χ2n) is 3.89. The smallest absolute Gasteiger partial charge is 0.188 e.